The summed E-state index contributed by atoms with van der Waals surface area (Å²) in [4.78, 5) is 0. The van der Waals surface area contributed by atoms with E-state index in [1.807, 2.05) is 13.0 Å². The van der Waals surface area contributed by atoms with Gasteiger partial charge in [0.25, 0.3) is 0 Å². The number of hydrogen-bond acceptors (Lipinski definition) is 0. The standard InChI is InChI=1S/C33H34/c1-3-5-7-9-12-18-27-23-24-30-29-21-15-16-22-31(29)33(32(30)26-27,25-17-10-8-6-4-2)28-19-13-11-14-20-28/h3,5-13,15-19,21-24,26H,4,14,20,25H2,1-2H3/b5-3+,8-6-,9-7-,17-10-,18-12-. The SMILES string of the molecule is C/C=C/C=C\C=C/c1ccc2c(c1)C(C/C=C\C=C/CC)(C1=CC=CCC1)c1ccccc1-2. The first-order valence-electron chi connectivity index (χ1n) is 12.2. The molecule has 2 aromatic carbocycles. The predicted octanol–water partition coefficient (Wildman–Crippen LogP) is 9.29. The van der Waals surface area contributed by atoms with Crippen LogP contribution in [0.4, 0.5) is 0 Å². The molecule has 0 spiro atoms. The molecule has 33 heavy (non-hydrogen) atoms. The van der Waals surface area contributed by atoms with Crippen molar-refractivity contribution in [2.75, 3.05) is 0 Å². The Kier molecular flexibility index (Phi) is 7.58. The zero-order valence-corrected chi connectivity index (χ0v) is 19.9. The van der Waals surface area contributed by atoms with E-state index >= 15 is 0 Å². The first-order chi connectivity index (χ1) is 16.3. The van der Waals surface area contributed by atoms with Gasteiger partial charge in [0.1, 0.15) is 0 Å². The molecule has 1 atom stereocenters. The molecule has 2 aromatic rings. The van der Waals surface area contributed by atoms with E-state index in [9.17, 15) is 0 Å². The second-order valence-corrected chi connectivity index (χ2v) is 8.65. The molecule has 0 aliphatic heterocycles. The molecule has 0 saturated carbocycles. The van der Waals surface area contributed by atoms with E-state index in [0.717, 1.165) is 25.7 Å². The number of hydrogen-bond donors (Lipinski definition) is 0. The van der Waals surface area contributed by atoms with Crippen LogP contribution >= 0.6 is 0 Å². The Morgan fingerprint density at radius 1 is 0.848 bits per heavy atom. The van der Waals surface area contributed by atoms with Crippen molar-refractivity contribution >= 4 is 6.08 Å². The molecule has 0 amide bonds. The Hall–Kier alpha value is -3.38. The second kappa shape index (κ2) is 11.0. The van der Waals surface area contributed by atoms with Crippen molar-refractivity contribution in [3.05, 3.63) is 138 Å². The topological polar surface area (TPSA) is 0 Å². The minimum atomic E-state index is -0.113. The monoisotopic (exact) mass is 430 g/mol. The van der Waals surface area contributed by atoms with Gasteiger partial charge in [0.2, 0.25) is 0 Å². The minimum absolute atomic E-state index is 0.113. The molecule has 1 unspecified atom stereocenters. The Morgan fingerprint density at radius 2 is 1.67 bits per heavy atom. The van der Waals surface area contributed by atoms with Gasteiger partial charge in [0.05, 0.1) is 0 Å². The molecule has 0 aromatic heterocycles. The van der Waals surface area contributed by atoms with Crippen LogP contribution in [0.2, 0.25) is 0 Å². The summed E-state index contributed by atoms with van der Waals surface area (Å²) in [6, 6.07) is 16.0. The zero-order chi connectivity index (χ0) is 22.9. The summed E-state index contributed by atoms with van der Waals surface area (Å²) in [5.41, 5.74) is 8.29. The van der Waals surface area contributed by atoms with Crippen molar-refractivity contribution < 1.29 is 0 Å². The van der Waals surface area contributed by atoms with Crippen LogP contribution < -0.4 is 0 Å². The van der Waals surface area contributed by atoms with Gasteiger partial charge in [-0.2, -0.15) is 0 Å². The molecule has 0 heteroatoms. The van der Waals surface area contributed by atoms with Crippen molar-refractivity contribution in [2.45, 2.75) is 44.9 Å². The molecule has 0 bridgehead atoms. The minimum Gasteiger partial charge on any atom is -0.0877 e. The molecular weight excluding hydrogens is 396 g/mol. The van der Waals surface area contributed by atoms with Crippen molar-refractivity contribution in [3.8, 4) is 11.1 Å². The third kappa shape index (κ3) is 4.71. The molecule has 2 aliphatic rings. The lowest BCUT2D eigenvalue weighted by Gasteiger charge is -2.35. The average Bonchev–Trinajstić information content (AvgIpc) is 3.14. The Balaban J connectivity index is 1.85. The molecule has 0 N–H and O–H groups in total. The highest BCUT2D eigenvalue weighted by Gasteiger charge is 2.44. The maximum atomic E-state index is 2.42. The summed E-state index contributed by atoms with van der Waals surface area (Å²) in [5, 5.41) is 0. The van der Waals surface area contributed by atoms with E-state index in [1.54, 1.807) is 0 Å². The van der Waals surface area contributed by atoms with Gasteiger partial charge in [-0.05, 0) is 66.5 Å². The lowest BCUT2D eigenvalue weighted by molar-refractivity contribution is 0.596. The highest BCUT2D eigenvalue weighted by Crippen LogP contribution is 2.56. The second-order valence-electron chi connectivity index (χ2n) is 8.65. The highest BCUT2D eigenvalue weighted by molar-refractivity contribution is 5.84. The van der Waals surface area contributed by atoms with Gasteiger partial charge in [-0.25, -0.2) is 0 Å². The summed E-state index contributed by atoms with van der Waals surface area (Å²) in [5.74, 6) is 0. The van der Waals surface area contributed by atoms with Gasteiger partial charge >= 0.3 is 0 Å². The summed E-state index contributed by atoms with van der Waals surface area (Å²) in [6.45, 7) is 4.21. The number of fused-ring (bicyclic) bond motifs is 3. The predicted molar refractivity (Wildman–Crippen MR) is 145 cm³/mol. The van der Waals surface area contributed by atoms with Crippen molar-refractivity contribution in [1.29, 1.82) is 0 Å². The number of rotatable bonds is 8. The first kappa shape index (κ1) is 22.8. The lowest BCUT2D eigenvalue weighted by Crippen LogP contribution is -2.28. The normalized spacial score (nSPS) is 20.0. The fourth-order valence-corrected chi connectivity index (χ4v) is 5.09. The van der Waals surface area contributed by atoms with E-state index in [1.165, 1.54) is 33.4 Å². The molecule has 0 fully saturated rings. The maximum Gasteiger partial charge on any atom is 0.0461 e. The molecule has 0 saturated heterocycles. The van der Waals surface area contributed by atoms with Crippen molar-refractivity contribution in [3.63, 3.8) is 0 Å². The van der Waals surface area contributed by atoms with Crippen LogP contribution in [0.3, 0.4) is 0 Å². The van der Waals surface area contributed by atoms with Gasteiger partial charge in [0.15, 0.2) is 0 Å². The van der Waals surface area contributed by atoms with Gasteiger partial charge < -0.3 is 0 Å². The third-order valence-corrected chi connectivity index (χ3v) is 6.60. The van der Waals surface area contributed by atoms with Crippen LogP contribution in [-0.4, -0.2) is 0 Å². The van der Waals surface area contributed by atoms with Crippen LogP contribution in [0.1, 0.15) is 56.2 Å². The molecule has 2 aliphatic carbocycles. The van der Waals surface area contributed by atoms with Gasteiger partial charge in [-0.3, -0.25) is 0 Å². The fourth-order valence-electron chi connectivity index (χ4n) is 5.09. The number of benzene rings is 2. The Bertz CT molecular complexity index is 1180. The van der Waals surface area contributed by atoms with E-state index in [2.05, 4.69) is 122 Å². The highest BCUT2D eigenvalue weighted by atomic mass is 14.5. The van der Waals surface area contributed by atoms with E-state index in [0.29, 0.717) is 0 Å². The molecule has 4 rings (SSSR count). The quantitative estimate of drug-likeness (QED) is 0.366. The first-order valence-corrected chi connectivity index (χ1v) is 12.2. The summed E-state index contributed by atoms with van der Waals surface area (Å²) >= 11 is 0. The average molecular weight is 431 g/mol. The van der Waals surface area contributed by atoms with Crippen LogP contribution in [0, 0.1) is 0 Å². The molecule has 0 heterocycles. The largest absolute Gasteiger partial charge is 0.0877 e. The van der Waals surface area contributed by atoms with Crippen molar-refractivity contribution in [2.24, 2.45) is 0 Å². The van der Waals surface area contributed by atoms with Crippen LogP contribution in [-0.2, 0) is 5.41 Å². The van der Waals surface area contributed by atoms with Crippen LogP contribution in [0.5, 0.6) is 0 Å². The Labute approximate surface area is 199 Å². The maximum absolute atomic E-state index is 2.42. The lowest BCUT2D eigenvalue weighted by atomic mass is 9.67. The zero-order valence-electron chi connectivity index (χ0n) is 19.9. The third-order valence-electron chi connectivity index (χ3n) is 6.60. The molecule has 0 nitrogen and oxygen atoms in total. The molecule has 166 valence electrons. The van der Waals surface area contributed by atoms with Crippen LogP contribution in [0.15, 0.2) is 121 Å². The molecule has 0 radical (unpaired) electrons. The summed E-state index contributed by atoms with van der Waals surface area (Å²) in [6.07, 6.45) is 32.7. The van der Waals surface area contributed by atoms with Gasteiger partial charge in [-0.15, -0.1) is 0 Å². The smallest absolute Gasteiger partial charge is 0.0461 e. The van der Waals surface area contributed by atoms with Gasteiger partial charge in [-0.1, -0.05) is 128 Å². The van der Waals surface area contributed by atoms with E-state index in [4.69, 9.17) is 0 Å². The van der Waals surface area contributed by atoms with E-state index in [-0.39, 0.29) is 5.41 Å². The Morgan fingerprint density at radius 3 is 2.48 bits per heavy atom. The fraction of sp³-hybridized carbons (Fsp3) is 0.212. The van der Waals surface area contributed by atoms with Gasteiger partial charge in [0, 0.05) is 5.41 Å². The van der Waals surface area contributed by atoms with Crippen LogP contribution in [0.25, 0.3) is 17.2 Å². The van der Waals surface area contributed by atoms with Crippen molar-refractivity contribution in [1.82, 2.24) is 0 Å². The summed E-state index contributed by atoms with van der Waals surface area (Å²) in [7, 11) is 0. The number of allylic oxidation sites excluding steroid dienone is 13. The van der Waals surface area contributed by atoms with E-state index < -0.39 is 0 Å². The summed E-state index contributed by atoms with van der Waals surface area (Å²) < 4.78 is 0. The molecular formula is C33H34.